The Balaban J connectivity index is 1.72. The van der Waals surface area contributed by atoms with Crippen molar-refractivity contribution in [3.05, 3.63) is 53.7 Å². The zero-order chi connectivity index (χ0) is 17.1. The van der Waals surface area contributed by atoms with E-state index in [0.717, 1.165) is 12.5 Å². The molecule has 0 bridgehead atoms. The van der Waals surface area contributed by atoms with Crippen LogP contribution in [0.5, 0.6) is 0 Å². The quantitative estimate of drug-likeness (QED) is 0.903. The highest BCUT2D eigenvalue weighted by Gasteiger charge is 2.26. The van der Waals surface area contributed by atoms with E-state index in [1.807, 2.05) is 4.90 Å². The summed E-state index contributed by atoms with van der Waals surface area (Å²) in [5.74, 6) is -0.873. The van der Waals surface area contributed by atoms with Gasteiger partial charge in [-0.3, -0.25) is 4.79 Å². The van der Waals surface area contributed by atoms with E-state index in [2.05, 4.69) is 15.6 Å². The number of aromatic nitrogens is 1. The van der Waals surface area contributed by atoms with Crippen molar-refractivity contribution in [1.82, 2.24) is 10.3 Å². The lowest BCUT2D eigenvalue weighted by atomic mass is 10.2. The normalized spacial score (nSPS) is 17.0. The van der Waals surface area contributed by atoms with E-state index in [1.54, 1.807) is 25.4 Å². The highest BCUT2D eigenvalue weighted by molar-refractivity contribution is 5.98. The summed E-state index contributed by atoms with van der Waals surface area (Å²) in [6, 6.07) is 7.00. The predicted octanol–water partition coefficient (Wildman–Crippen LogP) is 2.41. The number of nitrogens with one attached hydrogen (secondary N) is 2. The van der Waals surface area contributed by atoms with Crippen LogP contribution < -0.4 is 15.5 Å². The maximum absolute atomic E-state index is 13.9. The number of hydrogen-bond donors (Lipinski definition) is 2. The fourth-order valence-electron chi connectivity index (χ4n) is 2.87. The molecule has 1 aliphatic rings. The summed E-state index contributed by atoms with van der Waals surface area (Å²) >= 11 is 0. The topological polar surface area (TPSA) is 57.3 Å². The van der Waals surface area contributed by atoms with E-state index in [1.165, 1.54) is 12.1 Å². The van der Waals surface area contributed by atoms with Crippen LogP contribution >= 0.6 is 0 Å². The summed E-state index contributed by atoms with van der Waals surface area (Å²) in [5.41, 5.74) is 0.847. The van der Waals surface area contributed by atoms with Gasteiger partial charge in [0.05, 0.1) is 11.3 Å². The van der Waals surface area contributed by atoms with Crippen molar-refractivity contribution in [3.63, 3.8) is 0 Å². The largest absolute Gasteiger partial charge is 0.367 e. The molecular weight excluding hydrogens is 314 g/mol. The van der Waals surface area contributed by atoms with Gasteiger partial charge in [-0.1, -0.05) is 0 Å². The van der Waals surface area contributed by atoms with Gasteiger partial charge in [0.15, 0.2) is 0 Å². The lowest BCUT2D eigenvalue weighted by Gasteiger charge is -2.20. The first-order valence-corrected chi connectivity index (χ1v) is 7.72. The van der Waals surface area contributed by atoms with E-state index in [0.29, 0.717) is 30.2 Å². The molecule has 1 atom stereocenters. The van der Waals surface area contributed by atoms with Gasteiger partial charge in [-0.05, 0) is 30.7 Å². The third-order valence-corrected chi connectivity index (χ3v) is 4.06. The number of amides is 1. The molecule has 0 spiro atoms. The molecule has 1 amide bonds. The maximum Gasteiger partial charge on any atom is 0.254 e. The van der Waals surface area contributed by atoms with Crippen LogP contribution in [0.3, 0.4) is 0 Å². The second-order valence-electron chi connectivity index (χ2n) is 5.65. The summed E-state index contributed by atoms with van der Waals surface area (Å²) in [5, 5.41) is 5.82. The number of carbonyl (C=O) groups excluding carboxylic acids is 1. The van der Waals surface area contributed by atoms with Crippen molar-refractivity contribution in [2.75, 3.05) is 30.4 Å². The van der Waals surface area contributed by atoms with Crippen molar-refractivity contribution in [2.24, 2.45) is 0 Å². The summed E-state index contributed by atoms with van der Waals surface area (Å²) < 4.78 is 26.9. The molecule has 5 nitrogen and oxygen atoms in total. The number of carbonyl (C=O) groups is 1. The van der Waals surface area contributed by atoms with Gasteiger partial charge >= 0.3 is 0 Å². The molecule has 2 N–H and O–H groups in total. The average Bonchev–Trinajstić information content (AvgIpc) is 3.03. The Labute approximate surface area is 138 Å². The van der Waals surface area contributed by atoms with Crippen molar-refractivity contribution < 1.29 is 13.6 Å². The van der Waals surface area contributed by atoms with Crippen molar-refractivity contribution in [3.8, 4) is 0 Å². The van der Waals surface area contributed by atoms with Crippen LogP contribution in [0.15, 0.2) is 36.5 Å². The summed E-state index contributed by atoms with van der Waals surface area (Å²) in [4.78, 5) is 18.0. The van der Waals surface area contributed by atoms with Gasteiger partial charge in [-0.2, -0.15) is 0 Å². The average molecular weight is 332 g/mol. The highest BCUT2D eigenvalue weighted by Crippen LogP contribution is 2.26. The molecule has 1 fully saturated rings. The first-order chi connectivity index (χ1) is 11.6. The molecule has 0 saturated carbocycles. The van der Waals surface area contributed by atoms with Gasteiger partial charge in [-0.25, -0.2) is 13.8 Å². The Bertz CT molecular complexity index is 753. The zero-order valence-electron chi connectivity index (χ0n) is 13.2. The number of benzene rings is 1. The third kappa shape index (κ3) is 3.29. The van der Waals surface area contributed by atoms with Gasteiger partial charge in [0.2, 0.25) is 0 Å². The van der Waals surface area contributed by atoms with Crippen LogP contribution in [0.25, 0.3) is 0 Å². The fourth-order valence-corrected chi connectivity index (χ4v) is 2.87. The summed E-state index contributed by atoms with van der Waals surface area (Å²) in [7, 11) is 1.56. The van der Waals surface area contributed by atoms with Crippen molar-refractivity contribution in [2.45, 2.75) is 12.5 Å². The highest BCUT2D eigenvalue weighted by atomic mass is 19.1. The number of nitrogens with zero attached hydrogens (tertiary/aromatic N) is 2. The van der Waals surface area contributed by atoms with E-state index in [4.69, 9.17) is 0 Å². The molecule has 0 aliphatic carbocycles. The Morgan fingerprint density at radius 3 is 2.92 bits per heavy atom. The SMILES string of the molecule is CNC(=O)c1cccnc1NC1CCN(c2ccc(F)cc2F)C1. The number of anilines is 2. The molecule has 3 rings (SSSR count). The number of halogens is 2. The van der Waals surface area contributed by atoms with Gasteiger partial charge in [0, 0.05) is 38.4 Å². The monoisotopic (exact) mass is 332 g/mol. The van der Waals surface area contributed by atoms with Gasteiger partial charge < -0.3 is 15.5 Å². The maximum atomic E-state index is 13.9. The molecule has 2 heterocycles. The first-order valence-electron chi connectivity index (χ1n) is 7.72. The molecular formula is C17H18F2N4O. The third-order valence-electron chi connectivity index (χ3n) is 4.06. The Kier molecular flexibility index (Phi) is 4.59. The second kappa shape index (κ2) is 6.82. The molecule has 1 aromatic carbocycles. The van der Waals surface area contributed by atoms with Crippen molar-refractivity contribution in [1.29, 1.82) is 0 Å². The number of rotatable bonds is 4. The van der Waals surface area contributed by atoms with Crippen LogP contribution in [0.2, 0.25) is 0 Å². The summed E-state index contributed by atoms with van der Waals surface area (Å²) in [6.07, 6.45) is 2.38. The number of pyridine rings is 1. The Morgan fingerprint density at radius 1 is 1.33 bits per heavy atom. The smallest absolute Gasteiger partial charge is 0.254 e. The van der Waals surface area contributed by atoms with Gasteiger partial charge in [-0.15, -0.1) is 0 Å². The minimum Gasteiger partial charge on any atom is -0.367 e. The second-order valence-corrected chi connectivity index (χ2v) is 5.65. The van der Waals surface area contributed by atoms with Crippen molar-refractivity contribution >= 4 is 17.4 Å². The fraction of sp³-hybridized carbons (Fsp3) is 0.294. The molecule has 1 unspecified atom stereocenters. The number of hydrogen-bond acceptors (Lipinski definition) is 4. The molecule has 1 aromatic heterocycles. The minimum atomic E-state index is -0.589. The van der Waals surface area contributed by atoms with Gasteiger partial charge in [0.1, 0.15) is 17.5 Å². The molecule has 126 valence electrons. The molecule has 0 radical (unpaired) electrons. The van der Waals surface area contributed by atoms with E-state index in [9.17, 15) is 13.6 Å². The first kappa shape index (κ1) is 16.2. The molecule has 7 heteroatoms. The van der Waals surface area contributed by atoms with Crippen LogP contribution in [-0.2, 0) is 0 Å². The van der Waals surface area contributed by atoms with Crippen LogP contribution in [0.1, 0.15) is 16.8 Å². The van der Waals surface area contributed by atoms with E-state index in [-0.39, 0.29) is 11.9 Å². The van der Waals surface area contributed by atoms with Crippen LogP contribution in [0, 0.1) is 11.6 Å². The lowest BCUT2D eigenvalue weighted by molar-refractivity contribution is 0.0963. The lowest BCUT2D eigenvalue weighted by Crippen LogP contribution is -2.28. The summed E-state index contributed by atoms with van der Waals surface area (Å²) in [6.45, 7) is 1.19. The predicted molar refractivity (Wildman–Crippen MR) is 88.2 cm³/mol. The van der Waals surface area contributed by atoms with Crippen LogP contribution in [0.4, 0.5) is 20.3 Å². The molecule has 1 aliphatic heterocycles. The standard InChI is InChI=1S/C17H18F2N4O/c1-20-17(24)13-3-2-7-21-16(13)22-12-6-8-23(10-12)15-5-4-11(18)9-14(15)19/h2-5,7,9,12H,6,8,10H2,1H3,(H,20,24)(H,21,22). The molecule has 2 aromatic rings. The van der Waals surface area contributed by atoms with E-state index < -0.39 is 11.6 Å². The Hall–Kier alpha value is -2.70. The van der Waals surface area contributed by atoms with E-state index >= 15 is 0 Å². The minimum absolute atomic E-state index is 0.0211. The zero-order valence-corrected chi connectivity index (χ0v) is 13.2. The molecule has 24 heavy (non-hydrogen) atoms. The van der Waals surface area contributed by atoms with Gasteiger partial charge in [0.25, 0.3) is 5.91 Å². The van der Waals surface area contributed by atoms with Crippen LogP contribution in [-0.4, -0.2) is 37.1 Å². The Morgan fingerprint density at radius 2 is 2.17 bits per heavy atom. The molecule has 1 saturated heterocycles.